The SMILES string of the molecule is CCC=Nn1c(Cc2ccccc2)n[nH]c1=S. The Labute approximate surface area is 105 Å². The fourth-order valence-corrected chi connectivity index (χ4v) is 1.70. The van der Waals surface area contributed by atoms with Crippen molar-refractivity contribution in [3.8, 4) is 0 Å². The van der Waals surface area contributed by atoms with Gasteiger partial charge in [-0.3, -0.25) is 5.10 Å². The molecule has 0 saturated carbocycles. The molecule has 5 heteroatoms. The Morgan fingerprint density at radius 3 is 2.88 bits per heavy atom. The number of hydrogen-bond acceptors (Lipinski definition) is 3. The molecule has 0 aliphatic heterocycles. The molecule has 1 aromatic carbocycles. The van der Waals surface area contributed by atoms with Gasteiger partial charge in [0.1, 0.15) is 0 Å². The van der Waals surface area contributed by atoms with Crippen molar-refractivity contribution in [2.24, 2.45) is 5.10 Å². The first-order valence-corrected chi connectivity index (χ1v) is 5.95. The van der Waals surface area contributed by atoms with E-state index in [1.807, 2.05) is 31.3 Å². The van der Waals surface area contributed by atoms with E-state index in [1.54, 1.807) is 4.68 Å². The summed E-state index contributed by atoms with van der Waals surface area (Å²) in [6.07, 6.45) is 3.41. The van der Waals surface area contributed by atoms with Crippen molar-refractivity contribution in [2.75, 3.05) is 0 Å². The summed E-state index contributed by atoms with van der Waals surface area (Å²) >= 11 is 5.13. The van der Waals surface area contributed by atoms with Gasteiger partial charge in [0, 0.05) is 12.6 Å². The Kier molecular flexibility index (Phi) is 3.82. The number of benzene rings is 1. The van der Waals surface area contributed by atoms with Crippen LogP contribution in [0.5, 0.6) is 0 Å². The van der Waals surface area contributed by atoms with Crippen LogP contribution in [-0.2, 0) is 6.42 Å². The fraction of sp³-hybridized carbons (Fsp3) is 0.250. The van der Waals surface area contributed by atoms with Crippen LogP contribution in [0.15, 0.2) is 35.4 Å². The third-order valence-corrected chi connectivity index (χ3v) is 2.57. The molecule has 0 saturated heterocycles. The third kappa shape index (κ3) is 2.88. The summed E-state index contributed by atoms with van der Waals surface area (Å²) in [5.41, 5.74) is 1.19. The third-order valence-electron chi connectivity index (χ3n) is 2.30. The lowest BCUT2D eigenvalue weighted by molar-refractivity contribution is 0.788. The molecule has 0 radical (unpaired) electrons. The molecule has 1 aromatic heterocycles. The highest BCUT2D eigenvalue weighted by atomic mass is 32.1. The van der Waals surface area contributed by atoms with Gasteiger partial charge in [0.05, 0.1) is 0 Å². The predicted octanol–water partition coefficient (Wildman–Crippen LogP) is 2.78. The number of rotatable bonds is 4. The van der Waals surface area contributed by atoms with E-state index in [2.05, 4.69) is 27.4 Å². The van der Waals surface area contributed by atoms with E-state index in [1.165, 1.54) is 5.56 Å². The lowest BCUT2D eigenvalue weighted by atomic mass is 10.1. The minimum absolute atomic E-state index is 0.528. The molecule has 4 nitrogen and oxygen atoms in total. The summed E-state index contributed by atoms with van der Waals surface area (Å²) in [6, 6.07) is 10.1. The largest absolute Gasteiger partial charge is 0.250 e. The van der Waals surface area contributed by atoms with Gasteiger partial charge in [-0.05, 0) is 24.2 Å². The van der Waals surface area contributed by atoms with Crippen LogP contribution in [-0.4, -0.2) is 21.1 Å². The van der Waals surface area contributed by atoms with Gasteiger partial charge in [0.25, 0.3) is 0 Å². The number of nitrogens with zero attached hydrogens (tertiary/aromatic N) is 3. The maximum Gasteiger partial charge on any atom is 0.216 e. The van der Waals surface area contributed by atoms with Crippen LogP contribution >= 0.6 is 12.2 Å². The predicted molar refractivity (Wildman–Crippen MR) is 70.8 cm³/mol. The second kappa shape index (κ2) is 5.54. The lowest BCUT2D eigenvalue weighted by Crippen LogP contribution is -1.99. The highest BCUT2D eigenvalue weighted by Gasteiger charge is 2.05. The molecule has 2 rings (SSSR count). The van der Waals surface area contributed by atoms with Crippen molar-refractivity contribution in [3.05, 3.63) is 46.5 Å². The first-order chi connectivity index (χ1) is 8.31. The number of aromatic amines is 1. The highest BCUT2D eigenvalue weighted by Crippen LogP contribution is 2.07. The number of aromatic nitrogens is 3. The van der Waals surface area contributed by atoms with Gasteiger partial charge in [-0.15, -0.1) is 0 Å². The molecular weight excluding hydrogens is 232 g/mol. The van der Waals surface area contributed by atoms with Crippen molar-refractivity contribution in [1.82, 2.24) is 14.9 Å². The molecule has 0 atom stereocenters. The van der Waals surface area contributed by atoms with Gasteiger partial charge in [-0.1, -0.05) is 37.3 Å². The molecule has 0 unspecified atom stereocenters. The lowest BCUT2D eigenvalue weighted by Gasteiger charge is -2.00. The summed E-state index contributed by atoms with van der Waals surface area (Å²) in [4.78, 5) is 0. The molecule has 1 N–H and O–H groups in total. The van der Waals surface area contributed by atoms with Gasteiger partial charge in [-0.2, -0.15) is 14.9 Å². The van der Waals surface area contributed by atoms with E-state index in [0.717, 1.165) is 18.7 Å². The minimum Gasteiger partial charge on any atom is -0.250 e. The molecule has 2 aromatic rings. The van der Waals surface area contributed by atoms with Crippen LogP contribution in [0.3, 0.4) is 0 Å². The highest BCUT2D eigenvalue weighted by molar-refractivity contribution is 7.71. The van der Waals surface area contributed by atoms with E-state index in [4.69, 9.17) is 12.2 Å². The molecule has 0 bridgehead atoms. The Bertz CT molecular complexity index is 553. The van der Waals surface area contributed by atoms with Crippen LogP contribution in [0.2, 0.25) is 0 Å². The number of hydrogen-bond donors (Lipinski definition) is 1. The first-order valence-electron chi connectivity index (χ1n) is 5.54. The van der Waals surface area contributed by atoms with Crippen LogP contribution in [0.1, 0.15) is 24.7 Å². The number of H-pyrrole nitrogens is 1. The summed E-state index contributed by atoms with van der Waals surface area (Å²) in [5.74, 6) is 0.825. The molecule has 0 fully saturated rings. The first kappa shape index (κ1) is 11.7. The van der Waals surface area contributed by atoms with Crippen LogP contribution in [0, 0.1) is 4.77 Å². The average Bonchev–Trinajstić information content (AvgIpc) is 2.69. The standard InChI is InChI=1S/C12H14N4S/c1-2-8-13-16-11(14-15-12(16)17)9-10-6-4-3-5-7-10/h3-8H,2,9H2,1H3,(H,15,17). The molecule has 17 heavy (non-hydrogen) atoms. The second-order valence-corrected chi connectivity index (χ2v) is 4.01. The molecule has 0 aliphatic rings. The Hall–Kier alpha value is -1.75. The van der Waals surface area contributed by atoms with Gasteiger partial charge in [0.2, 0.25) is 4.77 Å². The summed E-state index contributed by atoms with van der Waals surface area (Å²) in [5, 5.41) is 11.2. The Morgan fingerprint density at radius 2 is 2.18 bits per heavy atom. The van der Waals surface area contributed by atoms with Crippen molar-refractivity contribution in [3.63, 3.8) is 0 Å². The summed E-state index contributed by atoms with van der Waals surface area (Å²) < 4.78 is 2.20. The van der Waals surface area contributed by atoms with Crippen molar-refractivity contribution in [2.45, 2.75) is 19.8 Å². The van der Waals surface area contributed by atoms with E-state index in [0.29, 0.717) is 4.77 Å². The second-order valence-electron chi connectivity index (χ2n) is 3.63. The topological polar surface area (TPSA) is 46.0 Å². The number of nitrogens with one attached hydrogen (secondary N) is 1. The van der Waals surface area contributed by atoms with E-state index in [-0.39, 0.29) is 0 Å². The zero-order valence-electron chi connectivity index (χ0n) is 9.63. The van der Waals surface area contributed by atoms with E-state index >= 15 is 0 Å². The molecule has 0 amide bonds. The normalized spacial score (nSPS) is 11.1. The monoisotopic (exact) mass is 246 g/mol. The van der Waals surface area contributed by atoms with Crippen LogP contribution in [0.25, 0.3) is 0 Å². The molecule has 0 aliphatic carbocycles. The van der Waals surface area contributed by atoms with Gasteiger partial charge in [0.15, 0.2) is 5.82 Å². The van der Waals surface area contributed by atoms with Gasteiger partial charge in [-0.25, -0.2) is 0 Å². The van der Waals surface area contributed by atoms with Gasteiger partial charge >= 0.3 is 0 Å². The zero-order valence-corrected chi connectivity index (χ0v) is 10.4. The van der Waals surface area contributed by atoms with Crippen LogP contribution in [0.4, 0.5) is 0 Å². The van der Waals surface area contributed by atoms with Crippen molar-refractivity contribution in [1.29, 1.82) is 0 Å². The van der Waals surface area contributed by atoms with Gasteiger partial charge < -0.3 is 0 Å². The maximum atomic E-state index is 5.13. The minimum atomic E-state index is 0.528. The Balaban J connectivity index is 2.28. The summed E-state index contributed by atoms with van der Waals surface area (Å²) in [7, 11) is 0. The fourth-order valence-electron chi connectivity index (χ4n) is 1.50. The van der Waals surface area contributed by atoms with Crippen molar-refractivity contribution >= 4 is 18.4 Å². The Morgan fingerprint density at radius 1 is 1.41 bits per heavy atom. The van der Waals surface area contributed by atoms with Crippen LogP contribution < -0.4 is 0 Å². The smallest absolute Gasteiger partial charge is 0.216 e. The van der Waals surface area contributed by atoms with E-state index < -0.39 is 0 Å². The molecule has 1 heterocycles. The van der Waals surface area contributed by atoms with Crippen molar-refractivity contribution < 1.29 is 0 Å². The molecule has 88 valence electrons. The zero-order chi connectivity index (χ0) is 12.1. The molecule has 0 spiro atoms. The summed E-state index contributed by atoms with van der Waals surface area (Å²) in [6.45, 7) is 2.03. The maximum absolute atomic E-state index is 5.13. The van der Waals surface area contributed by atoms with E-state index in [9.17, 15) is 0 Å². The average molecular weight is 246 g/mol. The quantitative estimate of drug-likeness (QED) is 0.666. The molecular formula is C12H14N4S.